The third kappa shape index (κ3) is 5.39. The van der Waals surface area contributed by atoms with E-state index < -0.39 is 36.3 Å². The maximum absolute atomic E-state index is 13.2. The number of fused-ring (bicyclic) bond motifs is 1. The zero-order chi connectivity index (χ0) is 26.2. The fourth-order valence-electron chi connectivity index (χ4n) is 3.57. The lowest BCUT2D eigenvalue weighted by Gasteiger charge is -2.26. The molecule has 186 valence electrons. The number of hydrogen-bond acceptors (Lipinski definition) is 5. The fraction of sp³-hybridized carbons (Fsp3) is 0.304. The Balaban J connectivity index is 1.83. The maximum Gasteiger partial charge on any atom is 0.329 e. The third-order valence-electron chi connectivity index (χ3n) is 5.30. The summed E-state index contributed by atoms with van der Waals surface area (Å²) in [4.78, 5) is 52.5. The largest absolute Gasteiger partial charge is 0.454 e. The molecule has 1 aliphatic rings. The predicted octanol–water partition coefficient (Wildman–Crippen LogP) is 6.45. The highest BCUT2D eigenvalue weighted by molar-refractivity contribution is 6.55. The number of esters is 1. The Bertz CT molecular complexity index is 1200. The molecule has 12 heteroatoms. The van der Waals surface area contributed by atoms with Gasteiger partial charge in [-0.1, -0.05) is 77.9 Å². The number of ether oxygens (including phenoxy) is 1. The summed E-state index contributed by atoms with van der Waals surface area (Å²) in [6.07, 6.45) is 0.0655. The van der Waals surface area contributed by atoms with Crippen molar-refractivity contribution in [3.63, 3.8) is 0 Å². The molecule has 0 fully saturated rings. The highest BCUT2D eigenvalue weighted by Crippen LogP contribution is 2.45. The first-order chi connectivity index (χ1) is 16.4. The van der Waals surface area contributed by atoms with Crippen LogP contribution in [0.25, 0.3) is 0 Å². The van der Waals surface area contributed by atoms with Gasteiger partial charge in [0.2, 0.25) is 0 Å². The molecular weight excluding hydrogens is 562 g/mol. The quantitative estimate of drug-likeness (QED) is 0.176. The molecule has 35 heavy (non-hydrogen) atoms. The first-order valence-corrected chi connectivity index (χ1v) is 12.2. The van der Waals surface area contributed by atoms with E-state index in [1.165, 1.54) is 0 Å². The van der Waals surface area contributed by atoms with Crippen LogP contribution < -0.4 is 5.32 Å². The molecule has 1 heterocycles. The van der Waals surface area contributed by atoms with Gasteiger partial charge in [0.25, 0.3) is 17.7 Å². The van der Waals surface area contributed by atoms with E-state index in [9.17, 15) is 19.2 Å². The van der Waals surface area contributed by atoms with Gasteiger partial charge in [-0.3, -0.25) is 19.3 Å². The van der Waals surface area contributed by atoms with Crippen molar-refractivity contribution in [1.29, 1.82) is 0 Å². The summed E-state index contributed by atoms with van der Waals surface area (Å²) in [6, 6.07) is 3.63. The smallest absolute Gasteiger partial charge is 0.329 e. The topological polar surface area (TPSA) is 92.8 Å². The number of benzene rings is 2. The minimum atomic E-state index is -1.34. The second kappa shape index (κ2) is 10.9. The molecule has 1 atom stereocenters. The minimum Gasteiger partial charge on any atom is -0.454 e. The van der Waals surface area contributed by atoms with E-state index in [1.54, 1.807) is 39.0 Å². The summed E-state index contributed by atoms with van der Waals surface area (Å²) in [5, 5.41) is 2.20. The monoisotopic (exact) mass is 578 g/mol. The lowest BCUT2D eigenvalue weighted by molar-refractivity contribution is -0.151. The van der Waals surface area contributed by atoms with Crippen molar-refractivity contribution in [3.8, 4) is 0 Å². The van der Waals surface area contributed by atoms with Crippen molar-refractivity contribution >= 4 is 87.4 Å². The average molecular weight is 581 g/mol. The number of imide groups is 1. The van der Waals surface area contributed by atoms with Gasteiger partial charge in [0.15, 0.2) is 6.61 Å². The number of rotatable bonds is 7. The van der Waals surface area contributed by atoms with E-state index in [1.807, 2.05) is 0 Å². The number of halogens is 5. The Morgan fingerprint density at radius 1 is 0.943 bits per heavy atom. The molecule has 0 saturated heterocycles. The van der Waals surface area contributed by atoms with Crippen LogP contribution in [0.3, 0.4) is 0 Å². The standard InChI is InChI=1S/C23H19Cl5N2O5/c1-9(2)7-13(23(34)35-8-14(31)29-12-6-4-5-11(24)10(12)3)30-21(32)15-16(22(30)33)18(26)20(28)19(27)17(15)25/h4-6,9,13H,7-8H2,1-3H3,(H,29,31)/t13-/m1/s1. The Kier molecular flexibility index (Phi) is 8.60. The third-order valence-corrected chi connectivity index (χ3v) is 7.51. The lowest BCUT2D eigenvalue weighted by Crippen LogP contribution is -2.47. The Morgan fingerprint density at radius 2 is 1.49 bits per heavy atom. The van der Waals surface area contributed by atoms with Gasteiger partial charge in [0.05, 0.1) is 31.2 Å². The number of amides is 3. The molecule has 1 aliphatic heterocycles. The Labute approximate surface area is 226 Å². The minimum absolute atomic E-state index is 0.0655. The first-order valence-electron chi connectivity index (χ1n) is 10.3. The van der Waals surface area contributed by atoms with Crippen molar-refractivity contribution in [2.75, 3.05) is 11.9 Å². The average Bonchev–Trinajstić information content (AvgIpc) is 3.06. The maximum atomic E-state index is 13.2. The van der Waals surface area contributed by atoms with Crippen LogP contribution in [0.15, 0.2) is 18.2 Å². The van der Waals surface area contributed by atoms with E-state index in [0.717, 1.165) is 4.90 Å². The summed E-state index contributed by atoms with van der Waals surface area (Å²) in [5.74, 6) is -3.43. The summed E-state index contributed by atoms with van der Waals surface area (Å²) < 4.78 is 5.18. The molecule has 3 rings (SSSR count). The molecule has 0 unspecified atom stereocenters. The highest BCUT2D eigenvalue weighted by Gasteiger charge is 2.47. The molecule has 7 nitrogen and oxygen atoms in total. The zero-order valence-electron chi connectivity index (χ0n) is 18.7. The second-order valence-electron chi connectivity index (χ2n) is 8.20. The van der Waals surface area contributed by atoms with Gasteiger partial charge < -0.3 is 10.1 Å². The summed E-state index contributed by atoms with van der Waals surface area (Å²) in [6.45, 7) is 4.66. The van der Waals surface area contributed by atoms with Crippen LogP contribution in [-0.4, -0.2) is 41.2 Å². The molecule has 2 aromatic rings. The van der Waals surface area contributed by atoms with Crippen molar-refractivity contribution in [1.82, 2.24) is 4.90 Å². The second-order valence-corrected chi connectivity index (χ2v) is 10.1. The fourth-order valence-corrected chi connectivity index (χ4v) is 4.75. The molecular formula is C23H19Cl5N2O5. The van der Waals surface area contributed by atoms with Crippen molar-refractivity contribution in [2.45, 2.75) is 33.2 Å². The van der Waals surface area contributed by atoms with E-state index in [-0.39, 0.29) is 43.6 Å². The van der Waals surface area contributed by atoms with Crippen LogP contribution in [0.2, 0.25) is 25.1 Å². The van der Waals surface area contributed by atoms with Gasteiger partial charge in [-0.15, -0.1) is 0 Å². The number of hydrogen-bond donors (Lipinski definition) is 1. The molecule has 0 bridgehead atoms. The molecule has 0 radical (unpaired) electrons. The molecule has 3 amide bonds. The van der Waals surface area contributed by atoms with Gasteiger partial charge in [0, 0.05) is 10.7 Å². The van der Waals surface area contributed by atoms with Crippen molar-refractivity contribution in [3.05, 3.63) is 60.0 Å². The molecule has 0 spiro atoms. The van der Waals surface area contributed by atoms with E-state index in [4.69, 9.17) is 62.7 Å². The summed E-state index contributed by atoms with van der Waals surface area (Å²) in [5.41, 5.74) is 0.609. The normalized spacial score (nSPS) is 13.8. The molecule has 0 aliphatic carbocycles. The SMILES string of the molecule is Cc1c(Cl)cccc1NC(=O)COC(=O)[C@@H](CC(C)C)N1C(=O)c2c(Cl)c(Cl)c(Cl)c(Cl)c2C1=O. The summed E-state index contributed by atoms with van der Waals surface area (Å²) in [7, 11) is 0. The van der Waals surface area contributed by atoms with Gasteiger partial charge in [-0.25, -0.2) is 4.79 Å². The Morgan fingerprint density at radius 3 is 2.00 bits per heavy atom. The number of nitrogens with one attached hydrogen (secondary N) is 1. The number of carbonyl (C=O) groups is 4. The predicted molar refractivity (Wildman–Crippen MR) is 136 cm³/mol. The highest BCUT2D eigenvalue weighted by atomic mass is 35.5. The van der Waals surface area contributed by atoms with Crippen molar-refractivity contribution in [2.24, 2.45) is 5.92 Å². The van der Waals surface area contributed by atoms with Crippen LogP contribution in [0.4, 0.5) is 5.69 Å². The van der Waals surface area contributed by atoms with Crippen LogP contribution in [0.1, 0.15) is 46.5 Å². The van der Waals surface area contributed by atoms with E-state index in [0.29, 0.717) is 16.3 Å². The van der Waals surface area contributed by atoms with Crippen LogP contribution in [0.5, 0.6) is 0 Å². The molecule has 1 N–H and O–H groups in total. The number of carbonyl (C=O) groups excluding carboxylic acids is 4. The lowest BCUT2D eigenvalue weighted by atomic mass is 10.0. The molecule has 0 aromatic heterocycles. The zero-order valence-corrected chi connectivity index (χ0v) is 22.5. The van der Waals surface area contributed by atoms with E-state index >= 15 is 0 Å². The van der Waals surface area contributed by atoms with Crippen LogP contribution in [-0.2, 0) is 14.3 Å². The van der Waals surface area contributed by atoms with Crippen LogP contribution in [0, 0.1) is 12.8 Å². The van der Waals surface area contributed by atoms with Gasteiger partial charge >= 0.3 is 5.97 Å². The van der Waals surface area contributed by atoms with Gasteiger partial charge in [-0.2, -0.15) is 0 Å². The van der Waals surface area contributed by atoms with Crippen LogP contribution >= 0.6 is 58.0 Å². The first kappa shape index (κ1) is 27.6. The summed E-state index contributed by atoms with van der Waals surface area (Å²) >= 11 is 30.5. The number of nitrogens with zero attached hydrogens (tertiary/aromatic N) is 1. The van der Waals surface area contributed by atoms with Gasteiger partial charge in [0.1, 0.15) is 6.04 Å². The molecule has 0 saturated carbocycles. The van der Waals surface area contributed by atoms with Gasteiger partial charge in [-0.05, 0) is 37.0 Å². The van der Waals surface area contributed by atoms with Crippen molar-refractivity contribution < 1.29 is 23.9 Å². The Hall–Kier alpha value is -2.03. The number of anilines is 1. The van der Waals surface area contributed by atoms with E-state index in [2.05, 4.69) is 5.32 Å². The molecule has 2 aromatic carbocycles.